The average molecular weight is 271 g/mol. The van der Waals surface area contributed by atoms with Crippen molar-refractivity contribution in [1.29, 1.82) is 10.5 Å². The van der Waals surface area contributed by atoms with Gasteiger partial charge in [-0.25, -0.2) is 4.39 Å². The Morgan fingerprint density at radius 2 is 2.00 bits per heavy atom. The molecule has 5 heteroatoms. The van der Waals surface area contributed by atoms with Gasteiger partial charge in [0.1, 0.15) is 29.3 Å². The monoisotopic (exact) mass is 271 g/mol. The van der Waals surface area contributed by atoms with Gasteiger partial charge in [-0.3, -0.25) is 0 Å². The molecule has 102 valence electrons. The highest BCUT2D eigenvalue weighted by Gasteiger charge is 2.18. The molecule has 20 heavy (non-hydrogen) atoms. The van der Waals surface area contributed by atoms with Crippen LogP contribution in [-0.2, 0) is 0 Å². The second kappa shape index (κ2) is 6.58. The van der Waals surface area contributed by atoms with E-state index in [1.54, 1.807) is 18.2 Å². The van der Waals surface area contributed by atoms with Crippen LogP contribution in [0.15, 0.2) is 30.0 Å². The fourth-order valence-electron chi connectivity index (χ4n) is 2.14. The van der Waals surface area contributed by atoms with Crippen molar-refractivity contribution in [3.05, 3.63) is 35.8 Å². The summed E-state index contributed by atoms with van der Waals surface area (Å²) in [6.07, 6.45) is 5.67. The molecule has 0 heterocycles. The summed E-state index contributed by atoms with van der Waals surface area (Å²) in [5.74, 6) is 0.125. The number of allylic oxidation sites excluding steroid dienone is 1. The molecule has 2 rings (SSSR count). The highest BCUT2D eigenvalue weighted by Crippen LogP contribution is 2.30. The maximum Gasteiger partial charge on any atom is 0.145 e. The van der Waals surface area contributed by atoms with Crippen LogP contribution < -0.4 is 10.1 Å². The van der Waals surface area contributed by atoms with E-state index in [2.05, 4.69) is 5.32 Å². The number of nitrogens with one attached hydrogen (secondary N) is 1. The van der Waals surface area contributed by atoms with Gasteiger partial charge in [0.15, 0.2) is 0 Å². The minimum Gasteiger partial charge on any atom is -0.488 e. The molecule has 1 N–H and O–H groups in total. The van der Waals surface area contributed by atoms with Crippen LogP contribution in [0.4, 0.5) is 10.1 Å². The van der Waals surface area contributed by atoms with Gasteiger partial charge in [0.05, 0.1) is 11.8 Å². The Morgan fingerprint density at radius 3 is 2.65 bits per heavy atom. The van der Waals surface area contributed by atoms with E-state index in [0.717, 1.165) is 25.7 Å². The maximum atomic E-state index is 13.3. The number of hydrogen-bond acceptors (Lipinski definition) is 4. The number of hydrogen-bond donors (Lipinski definition) is 1. The van der Waals surface area contributed by atoms with Gasteiger partial charge in [0, 0.05) is 12.3 Å². The van der Waals surface area contributed by atoms with Gasteiger partial charge < -0.3 is 10.1 Å². The van der Waals surface area contributed by atoms with E-state index < -0.39 is 5.82 Å². The first-order valence-corrected chi connectivity index (χ1v) is 6.46. The second-order valence-electron chi connectivity index (χ2n) is 4.59. The minimum absolute atomic E-state index is 0.0823. The zero-order chi connectivity index (χ0) is 14.4. The van der Waals surface area contributed by atoms with Crippen molar-refractivity contribution >= 4 is 5.69 Å². The molecule has 0 spiro atoms. The molecule has 1 saturated carbocycles. The molecular weight excluding hydrogens is 257 g/mol. The van der Waals surface area contributed by atoms with E-state index in [9.17, 15) is 4.39 Å². The smallest absolute Gasteiger partial charge is 0.145 e. The van der Waals surface area contributed by atoms with E-state index in [0.29, 0.717) is 11.4 Å². The van der Waals surface area contributed by atoms with Crippen LogP contribution in [0.1, 0.15) is 25.7 Å². The van der Waals surface area contributed by atoms with Crippen molar-refractivity contribution < 1.29 is 9.13 Å². The van der Waals surface area contributed by atoms with Crippen molar-refractivity contribution in [2.45, 2.75) is 31.8 Å². The van der Waals surface area contributed by atoms with E-state index in [1.807, 2.05) is 0 Å². The van der Waals surface area contributed by atoms with Crippen LogP contribution in [0.5, 0.6) is 5.75 Å². The molecular formula is C15H14FN3O. The Morgan fingerprint density at radius 1 is 1.30 bits per heavy atom. The molecule has 0 atom stereocenters. The van der Waals surface area contributed by atoms with Crippen LogP contribution in [0.2, 0.25) is 0 Å². The van der Waals surface area contributed by atoms with Gasteiger partial charge in [-0.2, -0.15) is 10.5 Å². The highest BCUT2D eigenvalue weighted by atomic mass is 19.1. The summed E-state index contributed by atoms with van der Waals surface area (Å²) in [5, 5.41) is 20.1. The molecule has 1 aliphatic carbocycles. The summed E-state index contributed by atoms with van der Waals surface area (Å²) >= 11 is 0. The number of nitriles is 2. The second-order valence-corrected chi connectivity index (χ2v) is 4.59. The van der Waals surface area contributed by atoms with Gasteiger partial charge in [0.25, 0.3) is 0 Å². The average Bonchev–Trinajstić information content (AvgIpc) is 2.95. The van der Waals surface area contributed by atoms with Gasteiger partial charge in [-0.05, 0) is 37.8 Å². The van der Waals surface area contributed by atoms with Gasteiger partial charge >= 0.3 is 0 Å². The van der Waals surface area contributed by atoms with E-state index in [4.69, 9.17) is 15.3 Å². The SMILES string of the molecule is N#CC(C#N)=CNc1cc(F)ccc1OC1CCCC1. The Kier molecular flexibility index (Phi) is 4.57. The Labute approximate surface area is 117 Å². The van der Waals surface area contributed by atoms with E-state index >= 15 is 0 Å². The predicted octanol–water partition coefficient (Wildman–Crippen LogP) is 3.49. The topological polar surface area (TPSA) is 68.8 Å². The fraction of sp³-hybridized carbons (Fsp3) is 0.333. The normalized spacial score (nSPS) is 14.2. The van der Waals surface area contributed by atoms with Gasteiger partial charge in [0.2, 0.25) is 0 Å². The number of anilines is 1. The zero-order valence-corrected chi connectivity index (χ0v) is 10.9. The van der Waals surface area contributed by atoms with Crippen LogP contribution in [-0.4, -0.2) is 6.10 Å². The molecule has 0 radical (unpaired) electrons. The number of nitrogens with zero attached hydrogens (tertiary/aromatic N) is 2. The van der Waals surface area contributed by atoms with Crippen molar-refractivity contribution in [2.24, 2.45) is 0 Å². The lowest BCUT2D eigenvalue weighted by molar-refractivity contribution is 0.211. The Balaban J connectivity index is 2.17. The molecule has 1 aromatic rings. The summed E-state index contributed by atoms with van der Waals surface area (Å²) in [7, 11) is 0. The lowest BCUT2D eigenvalue weighted by Crippen LogP contribution is -2.12. The van der Waals surface area contributed by atoms with Crippen molar-refractivity contribution in [3.63, 3.8) is 0 Å². The van der Waals surface area contributed by atoms with Crippen molar-refractivity contribution in [2.75, 3.05) is 5.32 Å². The van der Waals surface area contributed by atoms with Crippen LogP contribution in [0.25, 0.3) is 0 Å². The quantitative estimate of drug-likeness (QED) is 0.851. The third-order valence-corrected chi connectivity index (χ3v) is 3.15. The van der Waals surface area contributed by atoms with Gasteiger partial charge in [-0.15, -0.1) is 0 Å². The molecule has 0 bridgehead atoms. The molecule has 0 unspecified atom stereocenters. The van der Waals surface area contributed by atoms with Crippen molar-refractivity contribution in [1.82, 2.24) is 0 Å². The first kappa shape index (κ1) is 13.9. The summed E-state index contributed by atoms with van der Waals surface area (Å²) in [4.78, 5) is 0. The summed E-state index contributed by atoms with van der Waals surface area (Å²) in [6, 6.07) is 7.63. The molecule has 0 aliphatic heterocycles. The van der Waals surface area contributed by atoms with Crippen LogP contribution in [0.3, 0.4) is 0 Å². The third kappa shape index (κ3) is 3.49. The molecule has 1 aliphatic rings. The fourth-order valence-corrected chi connectivity index (χ4v) is 2.14. The maximum absolute atomic E-state index is 13.3. The summed E-state index contributed by atoms with van der Waals surface area (Å²) < 4.78 is 19.1. The van der Waals surface area contributed by atoms with Crippen LogP contribution in [0, 0.1) is 28.5 Å². The lowest BCUT2D eigenvalue weighted by Gasteiger charge is -2.16. The van der Waals surface area contributed by atoms with E-state index in [-0.39, 0.29) is 11.7 Å². The minimum atomic E-state index is -0.407. The number of ether oxygens (including phenoxy) is 1. The number of rotatable bonds is 4. The first-order valence-electron chi connectivity index (χ1n) is 6.46. The summed E-state index contributed by atoms with van der Waals surface area (Å²) in [5.41, 5.74) is 0.334. The zero-order valence-electron chi connectivity index (χ0n) is 10.9. The standard InChI is InChI=1S/C15H14FN3O/c16-12-5-6-15(20-13-3-1-2-4-13)14(7-12)19-10-11(8-17)9-18/h5-7,10,13,19H,1-4H2. The molecule has 1 aromatic carbocycles. The largest absolute Gasteiger partial charge is 0.488 e. The molecule has 4 nitrogen and oxygen atoms in total. The van der Waals surface area contributed by atoms with Crippen molar-refractivity contribution in [3.8, 4) is 17.9 Å². The van der Waals surface area contributed by atoms with E-state index in [1.165, 1.54) is 18.3 Å². The first-order chi connectivity index (χ1) is 9.72. The highest BCUT2D eigenvalue weighted by molar-refractivity contribution is 5.59. The lowest BCUT2D eigenvalue weighted by atomic mass is 10.2. The summed E-state index contributed by atoms with van der Waals surface area (Å²) in [6.45, 7) is 0. The molecule has 0 aromatic heterocycles. The molecule has 0 amide bonds. The number of halogens is 1. The molecule has 1 fully saturated rings. The number of benzene rings is 1. The van der Waals surface area contributed by atoms with Gasteiger partial charge in [-0.1, -0.05) is 0 Å². The Bertz CT molecular complexity index is 576. The predicted molar refractivity (Wildman–Crippen MR) is 72.2 cm³/mol. The third-order valence-electron chi connectivity index (χ3n) is 3.15. The molecule has 0 saturated heterocycles. The van der Waals surface area contributed by atoms with Crippen LogP contribution >= 0.6 is 0 Å². The Hall–Kier alpha value is -2.53.